The number of rotatable bonds is 7. The third-order valence-corrected chi connectivity index (χ3v) is 3.94. The molecule has 0 bridgehead atoms. The minimum Gasteiger partial charge on any atom is -0.493 e. The van der Waals surface area contributed by atoms with Crippen LogP contribution in [0.5, 0.6) is 5.75 Å². The number of halogens is 1. The van der Waals surface area contributed by atoms with Crippen molar-refractivity contribution in [3.8, 4) is 5.75 Å². The maximum absolute atomic E-state index is 13.9. The lowest BCUT2D eigenvalue weighted by Gasteiger charge is -2.17. The van der Waals surface area contributed by atoms with Crippen LogP contribution >= 0.6 is 0 Å². The van der Waals surface area contributed by atoms with Gasteiger partial charge in [-0.2, -0.15) is 0 Å². The lowest BCUT2D eigenvalue weighted by molar-refractivity contribution is 0.0692. The molecule has 0 aliphatic carbocycles. The van der Waals surface area contributed by atoms with Gasteiger partial charge in [0.05, 0.1) is 12.2 Å². The Kier molecular flexibility index (Phi) is 6.18. The molecule has 0 amide bonds. The van der Waals surface area contributed by atoms with Crippen LogP contribution in [0.3, 0.4) is 0 Å². The molecular weight excluding hydrogens is 319 g/mol. The van der Waals surface area contributed by atoms with Crippen LogP contribution in [-0.2, 0) is 6.42 Å². The van der Waals surface area contributed by atoms with Crippen LogP contribution in [0.1, 0.15) is 60.7 Å². The first-order chi connectivity index (χ1) is 11.8. The molecule has 0 radical (unpaired) electrons. The van der Waals surface area contributed by atoms with Crippen molar-refractivity contribution in [2.24, 2.45) is 5.92 Å². The van der Waals surface area contributed by atoms with Crippen LogP contribution in [0, 0.1) is 11.7 Å². The molecule has 0 unspecified atom stereocenters. The predicted octanol–water partition coefficient (Wildman–Crippen LogP) is 5.27. The fraction of sp³-hybridized carbons (Fsp3) is 0.381. The zero-order chi connectivity index (χ0) is 18.6. The first kappa shape index (κ1) is 19.0. The summed E-state index contributed by atoms with van der Waals surface area (Å²) in [4.78, 5) is 10.9. The van der Waals surface area contributed by atoms with Crippen molar-refractivity contribution >= 4 is 5.97 Å². The molecule has 2 aromatic carbocycles. The Morgan fingerprint density at radius 1 is 1.08 bits per heavy atom. The van der Waals surface area contributed by atoms with Gasteiger partial charge in [0.2, 0.25) is 0 Å². The Hall–Kier alpha value is -2.36. The van der Waals surface area contributed by atoms with E-state index in [9.17, 15) is 9.18 Å². The summed E-state index contributed by atoms with van der Waals surface area (Å²) >= 11 is 0. The van der Waals surface area contributed by atoms with Crippen molar-refractivity contribution in [2.45, 2.75) is 40.0 Å². The lowest BCUT2D eigenvalue weighted by atomic mass is 9.97. The Morgan fingerprint density at radius 3 is 2.28 bits per heavy atom. The van der Waals surface area contributed by atoms with Gasteiger partial charge in [0.25, 0.3) is 0 Å². The van der Waals surface area contributed by atoms with Gasteiger partial charge in [-0.1, -0.05) is 45.9 Å². The number of ether oxygens (including phenoxy) is 1. The molecule has 134 valence electrons. The van der Waals surface area contributed by atoms with Crippen molar-refractivity contribution in [3.05, 3.63) is 64.5 Å². The quantitative estimate of drug-likeness (QED) is 0.744. The Labute approximate surface area is 148 Å². The van der Waals surface area contributed by atoms with Crippen LogP contribution in [0.4, 0.5) is 4.39 Å². The highest BCUT2D eigenvalue weighted by atomic mass is 19.1. The van der Waals surface area contributed by atoms with Gasteiger partial charge < -0.3 is 9.84 Å². The summed E-state index contributed by atoms with van der Waals surface area (Å²) < 4.78 is 19.8. The smallest absolute Gasteiger partial charge is 0.338 e. The number of benzene rings is 2. The van der Waals surface area contributed by atoms with E-state index < -0.39 is 11.8 Å². The van der Waals surface area contributed by atoms with E-state index in [1.165, 1.54) is 12.1 Å². The van der Waals surface area contributed by atoms with E-state index in [1.54, 1.807) is 6.07 Å². The summed E-state index contributed by atoms with van der Waals surface area (Å²) in [5.41, 5.74) is 2.58. The minimum atomic E-state index is -1.25. The highest BCUT2D eigenvalue weighted by Gasteiger charge is 2.13. The van der Waals surface area contributed by atoms with E-state index in [4.69, 9.17) is 9.84 Å². The van der Waals surface area contributed by atoms with Crippen molar-refractivity contribution < 1.29 is 19.0 Å². The van der Waals surface area contributed by atoms with Gasteiger partial charge in [-0.15, -0.1) is 0 Å². The van der Waals surface area contributed by atoms with Crippen LogP contribution < -0.4 is 4.74 Å². The third kappa shape index (κ3) is 5.05. The monoisotopic (exact) mass is 344 g/mol. The molecule has 0 spiro atoms. The Bertz CT molecular complexity index is 751. The number of carboxylic acids is 1. The lowest BCUT2D eigenvalue weighted by Crippen LogP contribution is -2.07. The van der Waals surface area contributed by atoms with Crippen LogP contribution in [0.25, 0.3) is 0 Å². The highest BCUT2D eigenvalue weighted by Crippen LogP contribution is 2.29. The summed E-state index contributed by atoms with van der Waals surface area (Å²) in [5.74, 6) is -0.316. The molecule has 2 aromatic rings. The fourth-order valence-electron chi connectivity index (χ4n) is 2.62. The van der Waals surface area contributed by atoms with Gasteiger partial charge in [-0.25, -0.2) is 9.18 Å². The van der Waals surface area contributed by atoms with Gasteiger partial charge in [-0.05, 0) is 53.1 Å². The molecule has 4 heteroatoms. The molecule has 0 heterocycles. The summed E-state index contributed by atoms with van der Waals surface area (Å²) in [6.45, 7) is 9.09. The average Bonchev–Trinajstić information content (AvgIpc) is 2.52. The van der Waals surface area contributed by atoms with Crippen LogP contribution in [0.15, 0.2) is 36.4 Å². The third-order valence-electron chi connectivity index (χ3n) is 3.94. The largest absolute Gasteiger partial charge is 0.493 e. The zero-order valence-corrected chi connectivity index (χ0v) is 15.2. The molecule has 25 heavy (non-hydrogen) atoms. The normalized spacial score (nSPS) is 11.2. The molecule has 2 rings (SSSR count). The van der Waals surface area contributed by atoms with Crippen molar-refractivity contribution in [3.63, 3.8) is 0 Å². The summed E-state index contributed by atoms with van der Waals surface area (Å²) in [6.07, 6.45) is 0.521. The standard InChI is InChI=1S/C21H25FO3/c1-13(2)12-25-20-11-16(5-7-17(20)14(3)4)9-15-6-8-18(21(23)24)19(22)10-15/h5-8,10-11,13-14H,9,12H2,1-4H3,(H,23,24). The molecule has 0 saturated heterocycles. The minimum absolute atomic E-state index is 0.306. The van der Waals surface area contributed by atoms with E-state index >= 15 is 0 Å². The van der Waals surface area contributed by atoms with Gasteiger partial charge in [0.15, 0.2) is 0 Å². The summed E-state index contributed by atoms with van der Waals surface area (Å²) in [6, 6.07) is 10.3. The molecule has 0 atom stereocenters. The molecular formula is C21H25FO3. The van der Waals surface area contributed by atoms with Gasteiger partial charge in [-0.3, -0.25) is 0 Å². The number of carbonyl (C=O) groups is 1. The van der Waals surface area contributed by atoms with Gasteiger partial charge in [0.1, 0.15) is 11.6 Å². The second-order valence-corrected chi connectivity index (χ2v) is 7.03. The second-order valence-electron chi connectivity index (χ2n) is 7.03. The van der Waals surface area contributed by atoms with E-state index in [0.29, 0.717) is 24.9 Å². The first-order valence-corrected chi connectivity index (χ1v) is 8.55. The van der Waals surface area contributed by atoms with Crippen molar-refractivity contribution in [1.82, 2.24) is 0 Å². The number of hydrogen-bond acceptors (Lipinski definition) is 2. The van der Waals surface area contributed by atoms with E-state index in [-0.39, 0.29) is 5.56 Å². The van der Waals surface area contributed by atoms with Gasteiger partial charge in [0, 0.05) is 0 Å². The summed E-state index contributed by atoms with van der Waals surface area (Å²) in [5, 5.41) is 8.91. The SMILES string of the molecule is CC(C)COc1cc(Cc2ccc(C(=O)O)c(F)c2)ccc1C(C)C. The van der Waals surface area contributed by atoms with E-state index in [1.807, 2.05) is 12.1 Å². The summed E-state index contributed by atoms with van der Waals surface area (Å²) in [7, 11) is 0. The van der Waals surface area contributed by atoms with E-state index in [0.717, 1.165) is 22.4 Å². The molecule has 0 aromatic heterocycles. The van der Waals surface area contributed by atoms with Gasteiger partial charge >= 0.3 is 5.97 Å². The van der Waals surface area contributed by atoms with E-state index in [2.05, 4.69) is 33.8 Å². The van der Waals surface area contributed by atoms with Crippen LogP contribution in [0.2, 0.25) is 0 Å². The molecule has 0 aliphatic rings. The maximum atomic E-state index is 13.9. The molecule has 0 fully saturated rings. The highest BCUT2D eigenvalue weighted by molar-refractivity contribution is 5.87. The van der Waals surface area contributed by atoms with Crippen molar-refractivity contribution in [1.29, 1.82) is 0 Å². The molecule has 3 nitrogen and oxygen atoms in total. The average molecular weight is 344 g/mol. The molecule has 0 aliphatic heterocycles. The number of carboxylic acid groups (broad SMARTS) is 1. The zero-order valence-electron chi connectivity index (χ0n) is 15.2. The fourth-order valence-corrected chi connectivity index (χ4v) is 2.62. The maximum Gasteiger partial charge on any atom is 0.338 e. The first-order valence-electron chi connectivity index (χ1n) is 8.55. The number of aromatic carboxylic acids is 1. The predicted molar refractivity (Wildman–Crippen MR) is 97.0 cm³/mol. The Morgan fingerprint density at radius 2 is 1.72 bits per heavy atom. The second kappa shape index (κ2) is 8.15. The molecule has 1 N–H and O–H groups in total. The topological polar surface area (TPSA) is 46.5 Å². The van der Waals surface area contributed by atoms with Crippen LogP contribution in [-0.4, -0.2) is 17.7 Å². The number of hydrogen-bond donors (Lipinski definition) is 1. The van der Waals surface area contributed by atoms with Crippen molar-refractivity contribution in [2.75, 3.05) is 6.61 Å². The molecule has 0 saturated carbocycles. The Balaban J connectivity index is 2.26.